The van der Waals surface area contributed by atoms with Crippen molar-refractivity contribution in [1.29, 1.82) is 0 Å². The summed E-state index contributed by atoms with van der Waals surface area (Å²) in [4.78, 5) is 40.3. The Hall–Kier alpha value is -2.37. The first-order chi connectivity index (χ1) is 15.3. The number of benzene rings is 2. The molecule has 0 aromatic heterocycles. The topological polar surface area (TPSA) is 197 Å². The molecule has 0 heterocycles. The maximum atomic E-state index is 12.1. The van der Waals surface area contributed by atoms with Crippen LogP contribution >= 0.6 is 23.9 Å². The summed E-state index contributed by atoms with van der Waals surface area (Å²) in [5.41, 5.74) is 2.04. The predicted molar refractivity (Wildman–Crippen MR) is 118 cm³/mol. The minimum atomic E-state index is -5.23. The molecule has 0 saturated carbocycles. The Morgan fingerprint density at radius 1 is 1.03 bits per heavy atom. The van der Waals surface area contributed by atoms with E-state index in [1.54, 1.807) is 30.3 Å². The number of hydrogen-bond acceptors (Lipinski definition) is 10. The molecule has 33 heavy (non-hydrogen) atoms. The molecule has 0 aliphatic carbocycles. The van der Waals surface area contributed by atoms with Gasteiger partial charge in [0, 0.05) is 24.3 Å². The minimum absolute atomic E-state index is 0.212. The van der Waals surface area contributed by atoms with Crippen LogP contribution < -0.4 is 10.2 Å². The van der Waals surface area contributed by atoms with Gasteiger partial charge in [-0.1, -0.05) is 12.1 Å². The van der Waals surface area contributed by atoms with Crippen molar-refractivity contribution in [2.45, 2.75) is 0 Å². The Kier molecular flexibility index (Phi) is 9.50. The normalized spacial score (nSPS) is 14.0. The number of hydrogen-bond donors (Lipinski definition) is 4. The average Bonchev–Trinajstić information content (AvgIpc) is 2.70. The third-order valence-electron chi connectivity index (χ3n) is 3.52. The van der Waals surface area contributed by atoms with E-state index < -0.39 is 36.4 Å². The summed E-state index contributed by atoms with van der Waals surface area (Å²) in [6.45, 7) is -1.02. The summed E-state index contributed by atoms with van der Waals surface area (Å²) in [6.07, 6.45) is 0. The molecule has 1 amide bonds. The van der Waals surface area contributed by atoms with Crippen LogP contribution in [0.15, 0.2) is 58.8 Å². The molecule has 17 heteroatoms. The van der Waals surface area contributed by atoms with Crippen LogP contribution in [0.4, 0.5) is 22.7 Å². The van der Waals surface area contributed by atoms with Crippen molar-refractivity contribution in [1.82, 2.24) is 0 Å². The number of carbonyl (C=O) groups excluding carboxylic acids is 1. The second-order valence-corrected chi connectivity index (χ2v) is 10.2. The smallest absolute Gasteiger partial charge is 0.378 e. The lowest BCUT2D eigenvalue weighted by Gasteiger charge is -2.11. The maximum absolute atomic E-state index is 12.1. The first-order valence-electron chi connectivity index (χ1n) is 8.82. The van der Waals surface area contributed by atoms with Gasteiger partial charge in [-0.15, -0.1) is 5.11 Å². The number of phosphoric ester groups is 1. The van der Waals surface area contributed by atoms with Crippen LogP contribution in [-0.2, 0) is 31.6 Å². The monoisotopic (exact) mass is 521 g/mol. The van der Waals surface area contributed by atoms with Gasteiger partial charge in [-0.05, 0) is 45.0 Å². The molecule has 178 valence electrons. The number of nitrogens with one attached hydrogen (secondary N) is 1. The molecule has 2 unspecified atom stereocenters. The number of nitrogens with zero attached hydrogens (tertiary/aromatic N) is 3. The van der Waals surface area contributed by atoms with Gasteiger partial charge in [0.05, 0.1) is 11.4 Å². The summed E-state index contributed by atoms with van der Waals surface area (Å²) < 4.78 is 45.2. The third kappa shape index (κ3) is 9.97. The molecule has 0 aliphatic rings. The Morgan fingerprint density at radius 3 is 2.27 bits per heavy atom. The van der Waals surface area contributed by atoms with Crippen LogP contribution in [0.5, 0.6) is 0 Å². The van der Waals surface area contributed by atoms with Gasteiger partial charge in [0.1, 0.15) is 12.3 Å². The number of phosphoric acid groups is 2. The second kappa shape index (κ2) is 11.7. The molecule has 14 nitrogen and oxygen atoms in total. The predicted octanol–water partition coefficient (Wildman–Crippen LogP) is 4.01. The molecule has 2 aromatic carbocycles. The zero-order valence-electron chi connectivity index (χ0n) is 17.2. The van der Waals surface area contributed by atoms with Gasteiger partial charge < -0.3 is 20.0 Å². The fourth-order valence-corrected chi connectivity index (χ4v) is 4.36. The van der Waals surface area contributed by atoms with E-state index in [1.165, 1.54) is 6.07 Å². The molecule has 0 spiro atoms. The van der Waals surface area contributed by atoms with Crippen LogP contribution in [-0.4, -0.2) is 41.3 Å². The quantitative estimate of drug-likeness (QED) is 0.246. The van der Waals surface area contributed by atoms with E-state index in [-0.39, 0.29) is 11.4 Å². The highest BCUT2D eigenvalue weighted by Crippen LogP contribution is 2.57. The number of anilines is 2. The summed E-state index contributed by atoms with van der Waals surface area (Å²) in [7, 11) is -10.2. The molecule has 0 aliphatic heterocycles. The molecule has 4 N–H and O–H groups in total. The molecule has 0 saturated heterocycles. The van der Waals surface area contributed by atoms with Gasteiger partial charge in [0.15, 0.2) is 0 Å². The lowest BCUT2D eigenvalue weighted by molar-refractivity contribution is -0.118. The molecule has 0 fully saturated rings. The van der Waals surface area contributed by atoms with Crippen molar-refractivity contribution < 1.29 is 46.3 Å². The summed E-state index contributed by atoms with van der Waals surface area (Å²) in [6, 6.07) is 13.6. The van der Waals surface area contributed by atoms with Crippen LogP contribution in [0.1, 0.15) is 0 Å². The van der Waals surface area contributed by atoms with Gasteiger partial charge in [-0.25, -0.2) is 9.13 Å². The zero-order chi connectivity index (χ0) is 24.6. The fraction of sp³-hybridized carbons (Fsp3) is 0.188. The highest BCUT2D eigenvalue weighted by Gasteiger charge is 2.43. The molecule has 0 radical (unpaired) electrons. The van der Waals surface area contributed by atoms with Gasteiger partial charge in [0.2, 0.25) is 0 Å². The van der Waals surface area contributed by atoms with Crippen molar-refractivity contribution in [3.05, 3.63) is 48.5 Å². The summed E-state index contributed by atoms with van der Waals surface area (Å²) in [5, 5.41) is 10.6. The lowest BCUT2D eigenvalue weighted by Crippen LogP contribution is -2.17. The largest absolute Gasteiger partial charge is 0.719 e. The van der Waals surface area contributed by atoms with E-state index in [9.17, 15) is 23.4 Å². The van der Waals surface area contributed by atoms with Crippen molar-refractivity contribution in [3.8, 4) is 0 Å². The van der Waals surface area contributed by atoms with E-state index in [1.807, 2.05) is 31.1 Å². The van der Waals surface area contributed by atoms with Gasteiger partial charge >= 0.3 is 23.9 Å². The standard InChI is InChI=1S/C16H19N4O10P3/c1-20(2)13-9-7-12(8-10-13)18-19-15-6-4-3-5-14(15)17-16(21)11-28-33(26,27)30-31(22)29-32(23,24)25/h3-10H,11H2,1-2H3,(H3-,17,18,21,23,24,25,26,27)/p+1. The van der Waals surface area contributed by atoms with Crippen molar-refractivity contribution >= 4 is 52.6 Å². The Labute approximate surface area is 189 Å². The summed E-state index contributed by atoms with van der Waals surface area (Å²) in [5.74, 6) is -0.906. The number of rotatable bonds is 11. The first-order valence-corrected chi connectivity index (χ1v) is 12.9. The average molecular weight is 521 g/mol. The van der Waals surface area contributed by atoms with Crippen molar-refractivity contribution in [3.63, 3.8) is 0 Å². The molecular weight excluding hydrogens is 501 g/mol. The first kappa shape index (κ1) is 26.9. The van der Waals surface area contributed by atoms with Crippen LogP contribution in [0.2, 0.25) is 0 Å². The third-order valence-corrected chi connectivity index (χ3v) is 6.72. The molecule has 2 atom stereocenters. The van der Waals surface area contributed by atoms with Gasteiger partial charge in [-0.2, -0.15) is 5.11 Å². The van der Waals surface area contributed by atoms with Crippen LogP contribution in [0, 0.1) is 0 Å². The number of carbonyl (C=O) groups is 1. The molecule has 0 bridgehead atoms. The van der Waals surface area contributed by atoms with Crippen LogP contribution in [0.25, 0.3) is 0 Å². The van der Waals surface area contributed by atoms with Gasteiger partial charge in [-0.3, -0.25) is 14.2 Å². The Balaban J connectivity index is 1.98. The number of amides is 1. The number of azo groups is 1. The van der Waals surface area contributed by atoms with Gasteiger partial charge in [0.25, 0.3) is 5.91 Å². The van der Waals surface area contributed by atoms with Crippen molar-refractivity contribution in [2.75, 3.05) is 30.9 Å². The van der Waals surface area contributed by atoms with E-state index in [2.05, 4.69) is 28.7 Å². The van der Waals surface area contributed by atoms with Crippen molar-refractivity contribution in [2.24, 2.45) is 10.2 Å². The summed E-state index contributed by atoms with van der Waals surface area (Å²) >= 11 is 0. The molecule has 2 aromatic rings. The van der Waals surface area contributed by atoms with Crippen LogP contribution in [0.3, 0.4) is 0 Å². The maximum Gasteiger partial charge on any atom is 0.719 e. The SMILES string of the molecule is CN(C)c1ccc(N=Nc2ccccc2NC(=O)COP(=O)(O)O[P+](=O)OP(=O)(O)O)cc1. The van der Waals surface area contributed by atoms with E-state index in [4.69, 9.17) is 9.79 Å². The molecular formula is C16H20N4O10P3+. The highest BCUT2D eigenvalue weighted by atomic mass is 31.3. The Morgan fingerprint density at radius 2 is 1.67 bits per heavy atom. The van der Waals surface area contributed by atoms with E-state index >= 15 is 0 Å². The minimum Gasteiger partial charge on any atom is -0.378 e. The Bertz CT molecular complexity index is 1120. The highest BCUT2D eigenvalue weighted by molar-refractivity contribution is 7.61. The fourth-order valence-electron chi connectivity index (χ4n) is 2.13. The van der Waals surface area contributed by atoms with E-state index in [0.29, 0.717) is 5.69 Å². The second-order valence-electron chi connectivity index (χ2n) is 6.30. The van der Waals surface area contributed by atoms with E-state index in [0.717, 1.165) is 5.69 Å². The molecule has 2 rings (SSSR count). The zero-order valence-corrected chi connectivity index (χ0v) is 19.9. The number of para-hydroxylation sites is 1. The lowest BCUT2D eigenvalue weighted by atomic mass is 10.2.